The van der Waals surface area contributed by atoms with Crippen LogP contribution in [0.15, 0.2) is 24.3 Å². The van der Waals surface area contributed by atoms with Gasteiger partial charge in [-0.2, -0.15) is 0 Å². The fourth-order valence-electron chi connectivity index (χ4n) is 3.20. The highest BCUT2D eigenvalue weighted by Gasteiger charge is 2.19. The van der Waals surface area contributed by atoms with Crippen molar-refractivity contribution in [1.82, 2.24) is 19.9 Å². The summed E-state index contributed by atoms with van der Waals surface area (Å²) in [5.41, 5.74) is 8.62. The zero-order valence-electron chi connectivity index (χ0n) is 17.0. The Hall–Kier alpha value is -2.67. The number of anilines is 1. The van der Waals surface area contributed by atoms with Crippen molar-refractivity contribution >= 4 is 33.7 Å². The number of hydrogen-bond donors (Lipinski definition) is 2. The van der Waals surface area contributed by atoms with Gasteiger partial charge >= 0.3 is 0 Å². The van der Waals surface area contributed by atoms with E-state index in [4.69, 9.17) is 15.5 Å². The summed E-state index contributed by atoms with van der Waals surface area (Å²) in [5.74, 6) is 1.54. The molecule has 1 amide bonds. The fraction of sp³-hybridized carbons (Fsp3) is 0.476. The van der Waals surface area contributed by atoms with E-state index < -0.39 is 0 Å². The lowest BCUT2D eigenvalue weighted by atomic mass is 9.97. The number of nitrogen functional groups attached to an aromatic ring is 1. The van der Waals surface area contributed by atoms with Crippen LogP contribution in [-0.2, 0) is 22.7 Å². The molecule has 0 radical (unpaired) electrons. The molecule has 7 heteroatoms. The highest BCUT2D eigenvalue weighted by Crippen LogP contribution is 2.28. The Labute approximate surface area is 165 Å². The van der Waals surface area contributed by atoms with Crippen LogP contribution in [0.3, 0.4) is 0 Å². The van der Waals surface area contributed by atoms with Crippen molar-refractivity contribution in [3.05, 3.63) is 30.1 Å². The van der Waals surface area contributed by atoms with Gasteiger partial charge in [-0.15, -0.1) is 0 Å². The first-order chi connectivity index (χ1) is 13.4. The molecule has 0 bridgehead atoms. The molecule has 0 unspecified atom stereocenters. The quantitative estimate of drug-likeness (QED) is 0.623. The fourth-order valence-corrected chi connectivity index (χ4v) is 3.20. The van der Waals surface area contributed by atoms with E-state index in [1.807, 2.05) is 38.1 Å². The van der Waals surface area contributed by atoms with Gasteiger partial charge in [0.25, 0.3) is 0 Å². The topological polar surface area (TPSA) is 95.1 Å². The molecule has 2 heterocycles. The molecule has 0 saturated heterocycles. The molecular weight excluding hydrogens is 354 g/mol. The van der Waals surface area contributed by atoms with E-state index in [1.165, 1.54) is 0 Å². The van der Waals surface area contributed by atoms with Crippen LogP contribution >= 0.6 is 0 Å². The van der Waals surface area contributed by atoms with Crippen LogP contribution in [0.4, 0.5) is 5.82 Å². The SMILES string of the molecule is CCOCc1nc2c(N)nc3ccccc3c2n1CCNC(=O)[C@@H](C)C(C)C. The van der Waals surface area contributed by atoms with Gasteiger partial charge in [0, 0.05) is 31.0 Å². The summed E-state index contributed by atoms with van der Waals surface area (Å²) in [5, 5.41) is 4.03. The van der Waals surface area contributed by atoms with Crippen molar-refractivity contribution < 1.29 is 9.53 Å². The van der Waals surface area contributed by atoms with Gasteiger partial charge in [0.1, 0.15) is 17.9 Å². The largest absolute Gasteiger partial charge is 0.382 e. The molecule has 1 atom stereocenters. The number of carbonyl (C=O) groups is 1. The molecule has 3 N–H and O–H groups in total. The molecule has 0 aliphatic carbocycles. The Balaban J connectivity index is 1.97. The average Bonchev–Trinajstić information content (AvgIpc) is 3.05. The number of nitrogens with one attached hydrogen (secondary N) is 1. The molecule has 150 valence electrons. The third-order valence-electron chi connectivity index (χ3n) is 5.17. The Bertz CT molecular complexity index is 980. The highest BCUT2D eigenvalue weighted by molar-refractivity contribution is 6.06. The second-order valence-electron chi connectivity index (χ2n) is 7.35. The monoisotopic (exact) mass is 383 g/mol. The van der Waals surface area contributed by atoms with Gasteiger partial charge in [0.05, 0.1) is 11.0 Å². The van der Waals surface area contributed by atoms with Crippen LogP contribution in [0.5, 0.6) is 0 Å². The number of amides is 1. The van der Waals surface area contributed by atoms with E-state index in [-0.39, 0.29) is 11.8 Å². The minimum Gasteiger partial charge on any atom is -0.382 e. The molecule has 2 aromatic heterocycles. The number of fused-ring (bicyclic) bond motifs is 3. The van der Waals surface area contributed by atoms with Crippen molar-refractivity contribution in [3.8, 4) is 0 Å². The summed E-state index contributed by atoms with van der Waals surface area (Å²) >= 11 is 0. The third-order valence-corrected chi connectivity index (χ3v) is 5.17. The number of aromatic nitrogens is 3. The molecule has 0 fully saturated rings. The Kier molecular flexibility index (Phi) is 6.14. The van der Waals surface area contributed by atoms with E-state index >= 15 is 0 Å². The number of carbonyl (C=O) groups excluding carboxylic acids is 1. The number of nitrogens with two attached hydrogens (primary N) is 1. The van der Waals surface area contributed by atoms with Crippen LogP contribution in [0, 0.1) is 11.8 Å². The summed E-state index contributed by atoms with van der Waals surface area (Å²) in [4.78, 5) is 21.5. The summed E-state index contributed by atoms with van der Waals surface area (Å²) in [7, 11) is 0. The summed E-state index contributed by atoms with van der Waals surface area (Å²) < 4.78 is 7.70. The standard InChI is InChI=1S/C21H29N5O2/c1-5-28-12-17-25-18-19(15-8-6-7-9-16(15)24-20(18)22)26(17)11-10-23-21(27)14(4)13(2)3/h6-9,13-14H,5,10-12H2,1-4H3,(H2,22,24)(H,23,27)/t14-/m0/s1. The molecule has 3 aromatic rings. The summed E-state index contributed by atoms with van der Waals surface area (Å²) in [6.07, 6.45) is 0. The number of rotatable bonds is 8. The Morgan fingerprint density at radius 1 is 1.25 bits per heavy atom. The molecule has 28 heavy (non-hydrogen) atoms. The maximum Gasteiger partial charge on any atom is 0.223 e. The van der Waals surface area contributed by atoms with Gasteiger partial charge in [0.2, 0.25) is 5.91 Å². The lowest BCUT2D eigenvalue weighted by Gasteiger charge is -2.16. The van der Waals surface area contributed by atoms with E-state index in [1.54, 1.807) is 0 Å². The van der Waals surface area contributed by atoms with E-state index in [0.717, 1.165) is 22.2 Å². The van der Waals surface area contributed by atoms with Crippen molar-refractivity contribution in [2.24, 2.45) is 11.8 Å². The van der Waals surface area contributed by atoms with Crippen molar-refractivity contribution in [1.29, 1.82) is 0 Å². The smallest absolute Gasteiger partial charge is 0.223 e. The van der Waals surface area contributed by atoms with Crippen molar-refractivity contribution in [2.45, 2.75) is 40.8 Å². The summed E-state index contributed by atoms with van der Waals surface area (Å²) in [6, 6.07) is 7.88. The molecule has 0 spiro atoms. The number of nitrogens with zero attached hydrogens (tertiary/aromatic N) is 3. The molecule has 1 aromatic carbocycles. The van der Waals surface area contributed by atoms with Crippen LogP contribution < -0.4 is 11.1 Å². The van der Waals surface area contributed by atoms with Gasteiger partial charge in [0.15, 0.2) is 5.82 Å². The minimum atomic E-state index is -0.0249. The van der Waals surface area contributed by atoms with E-state index in [9.17, 15) is 4.79 Å². The van der Waals surface area contributed by atoms with Crippen LogP contribution in [-0.4, -0.2) is 33.6 Å². The lowest BCUT2D eigenvalue weighted by molar-refractivity contribution is -0.125. The van der Waals surface area contributed by atoms with Crippen molar-refractivity contribution in [2.75, 3.05) is 18.9 Å². The van der Waals surface area contributed by atoms with Crippen LogP contribution in [0.25, 0.3) is 21.9 Å². The molecule has 7 nitrogen and oxygen atoms in total. The summed E-state index contributed by atoms with van der Waals surface area (Å²) in [6.45, 7) is 10.1. The average molecular weight is 383 g/mol. The zero-order chi connectivity index (χ0) is 20.3. The predicted octanol–water partition coefficient (Wildman–Crippen LogP) is 3.11. The predicted molar refractivity (Wildman–Crippen MR) is 112 cm³/mol. The second kappa shape index (κ2) is 8.56. The number of pyridine rings is 1. The van der Waals surface area contributed by atoms with Gasteiger partial charge in [-0.25, -0.2) is 9.97 Å². The molecule has 3 rings (SSSR count). The number of hydrogen-bond acceptors (Lipinski definition) is 5. The number of para-hydroxylation sites is 1. The first kappa shape index (κ1) is 20.1. The highest BCUT2D eigenvalue weighted by atomic mass is 16.5. The number of imidazole rings is 1. The zero-order valence-corrected chi connectivity index (χ0v) is 17.0. The van der Waals surface area contributed by atoms with Gasteiger partial charge in [-0.1, -0.05) is 39.0 Å². The first-order valence-corrected chi connectivity index (χ1v) is 9.82. The number of ether oxygens (including phenoxy) is 1. The van der Waals surface area contributed by atoms with Gasteiger partial charge < -0.3 is 20.4 Å². The molecule has 0 aliphatic heterocycles. The maximum absolute atomic E-state index is 12.3. The molecular formula is C21H29N5O2. The first-order valence-electron chi connectivity index (χ1n) is 9.82. The Morgan fingerprint density at radius 3 is 2.71 bits per heavy atom. The van der Waals surface area contributed by atoms with Gasteiger partial charge in [-0.3, -0.25) is 4.79 Å². The molecule has 0 aliphatic rings. The maximum atomic E-state index is 12.3. The normalized spacial score (nSPS) is 12.8. The molecule has 0 saturated carbocycles. The lowest BCUT2D eigenvalue weighted by Crippen LogP contribution is -2.34. The number of benzene rings is 1. The third kappa shape index (κ3) is 3.94. The van der Waals surface area contributed by atoms with E-state index in [2.05, 4.69) is 28.7 Å². The Morgan fingerprint density at radius 2 is 2.00 bits per heavy atom. The van der Waals surface area contributed by atoms with Crippen molar-refractivity contribution in [3.63, 3.8) is 0 Å². The second-order valence-corrected chi connectivity index (χ2v) is 7.35. The van der Waals surface area contributed by atoms with E-state index in [0.29, 0.717) is 43.6 Å². The minimum absolute atomic E-state index is 0.0249. The van der Waals surface area contributed by atoms with Crippen LogP contribution in [0.2, 0.25) is 0 Å². The van der Waals surface area contributed by atoms with Gasteiger partial charge in [-0.05, 0) is 18.9 Å². The van der Waals surface area contributed by atoms with Crippen LogP contribution in [0.1, 0.15) is 33.5 Å².